The molecule has 0 bridgehead atoms. The quantitative estimate of drug-likeness (QED) is 0.456. The Morgan fingerprint density at radius 1 is 1.04 bits per heavy atom. The second-order valence-electron chi connectivity index (χ2n) is 8.38. The van der Waals surface area contributed by atoms with Crippen LogP contribution in [0.4, 0.5) is 5.69 Å². The first-order chi connectivity index (χ1) is 13.5. The number of nitrogens with zero attached hydrogens (tertiary/aromatic N) is 2. The van der Waals surface area contributed by atoms with Gasteiger partial charge in [-0.1, -0.05) is 0 Å². The van der Waals surface area contributed by atoms with Crippen molar-refractivity contribution in [3.63, 3.8) is 0 Å². The maximum atomic E-state index is 12.5. The topological polar surface area (TPSA) is 63.7 Å². The maximum absolute atomic E-state index is 12.5. The zero-order valence-corrected chi connectivity index (χ0v) is 16.3. The summed E-state index contributed by atoms with van der Waals surface area (Å²) in [5.41, 5.74) is 0.895. The van der Waals surface area contributed by atoms with Crippen molar-refractivity contribution in [3.8, 4) is 0 Å². The fourth-order valence-electron chi connectivity index (χ4n) is 5.10. The van der Waals surface area contributed by atoms with Crippen molar-refractivity contribution in [3.05, 3.63) is 42.0 Å². The van der Waals surface area contributed by atoms with E-state index in [0.29, 0.717) is 29.8 Å². The summed E-state index contributed by atoms with van der Waals surface area (Å²) in [5, 5.41) is 0. The number of rotatable bonds is 4. The van der Waals surface area contributed by atoms with E-state index in [1.807, 2.05) is 0 Å². The number of piperidine rings is 2. The van der Waals surface area contributed by atoms with E-state index in [4.69, 9.17) is 4.74 Å². The first-order valence-electron chi connectivity index (χ1n) is 10.2. The normalized spacial score (nSPS) is 29.7. The molecule has 148 valence electrons. The number of hydrogen-bond donors (Lipinski definition) is 0. The van der Waals surface area contributed by atoms with Crippen molar-refractivity contribution >= 4 is 23.5 Å². The summed E-state index contributed by atoms with van der Waals surface area (Å²) in [6.45, 7) is 2.94. The molecule has 0 N–H and O–H groups in total. The van der Waals surface area contributed by atoms with E-state index >= 15 is 0 Å². The molecule has 0 aliphatic carbocycles. The molecule has 2 fully saturated rings. The molecule has 2 amide bonds. The Balaban J connectivity index is 1.37. The third-order valence-corrected chi connectivity index (χ3v) is 6.61. The lowest BCUT2D eigenvalue weighted by molar-refractivity contribution is -0.947. The van der Waals surface area contributed by atoms with Crippen LogP contribution in [0, 0.1) is 5.92 Å². The van der Waals surface area contributed by atoms with Gasteiger partial charge >= 0.3 is 5.97 Å². The number of esters is 1. The number of ether oxygens (including phenoxy) is 1. The molecule has 6 nitrogen and oxygen atoms in total. The minimum atomic E-state index is -0.369. The number of carbonyl (C=O) groups is 3. The summed E-state index contributed by atoms with van der Waals surface area (Å²) >= 11 is 0. The molecule has 2 saturated heterocycles. The van der Waals surface area contributed by atoms with Crippen LogP contribution in [-0.4, -0.2) is 55.1 Å². The highest BCUT2D eigenvalue weighted by molar-refractivity contribution is 6.28. The molecule has 3 aliphatic heterocycles. The molecule has 0 radical (unpaired) electrons. The first kappa shape index (κ1) is 18.9. The van der Waals surface area contributed by atoms with Crippen molar-refractivity contribution in [2.75, 3.05) is 31.6 Å². The highest BCUT2D eigenvalue weighted by Gasteiger charge is 2.43. The third-order valence-electron chi connectivity index (χ3n) is 6.61. The number of quaternary nitrogens is 1. The number of carbonyl (C=O) groups excluding carboxylic acids is 3. The Bertz CT molecular complexity index is 794. The van der Waals surface area contributed by atoms with E-state index < -0.39 is 0 Å². The van der Waals surface area contributed by atoms with E-state index in [2.05, 4.69) is 7.05 Å². The van der Waals surface area contributed by atoms with Crippen molar-refractivity contribution in [2.45, 2.75) is 38.1 Å². The van der Waals surface area contributed by atoms with Gasteiger partial charge in [0.25, 0.3) is 11.8 Å². The molecule has 3 atom stereocenters. The van der Waals surface area contributed by atoms with E-state index in [0.717, 1.165) is 15.8 Å². The molecule has 28 heavy (non-hydrogen) atoms. The van der Waals surface area contributed by atoms with Crippen molar-refractivity contribution in [1.29, 1.82) is 0 Å². The van der Waals surface area contributed by atoms with Crippen LogP contribution in [0.3, 0.4) is 0 Å². The van der Waals surface area contributed by atoms with E-state index in [-0.39, 0.29) is 17.8 Å². The summed E-state index contributed by atoms with van der Waals surface area (Å²) < 4.78 is 6.79. The number of fused-ring (bicyclic) bond motifs is 1. The fraction of sp³-hybridized carbons (Fsp3) is 0.500. The van der Waals surface area contributed by atoms with Crippen molar-refractivity contribution < 1.29 is 23.6 Å². The summed E-state index contributed by atoms with van der Waals surface area (Å²) in [6.07, 6.45) is 8.58. The lowest BCUT2D eigenvalue weighted by atomic mass is 9.82. The SMILES string of the molecule is C[N+]12CCCC[C@H]1[C@H](COC(=O)c1ccc(N3C(=O)C=CC3=O)cc1)CCC2. The predicted octanol–water partition coefficient (Wildman–Crippen LogP) is 2.68. The van der Waals surface area contributed by atoms with Crippen LogP contribution in [0.15, 0.2) is 36.4 Å². The third kappa shape index (κ3) is 3.49. The fourth-order valence-corrected chi connectivity index (χ4v) is 5.10. The van der Waals surface area contributed by atoms with E-state index in [1.165, 1.54) is 50.9 Å². The number of amides is 2. The monoisotopic (exact) mass is 383 g/mol. The molecule has 1 aromatic carbocycles. The number of imide groups is 1. The second-order valence-corrected chi connectivity index (χ2v) is 8.38. The Labute approximate surface area is 165 Å². The standard InChI is InChI=1S/C22H27N2O4/c1-24-13-3-2-6-19(24)17(5-4-14-24)15-28-22(27)16-7-9-18(10-8-16)23-20(25)11-12-21(23)26/h7-12,17,19H,2-6,13-15H2,1H3/q+1/t17-,19-,24?/m0/s1. The zero-order valence-electron chi connectivity index (χ0n) is 16.3. The van der Waals surface area contributed by atoms with Gasteiger partial charge in [0.2, 0.25) is 0 Å². The van der Waals surface area contributed by atoms with Gasteiger partial charge in [-0.2, -0.15) is 0 Å². The molecule has 4 rings (SSSR count). The van der Waals surface area contributed by atoms with Crippen LogP contribution in [0.2, 0.25) is 0 Å². The molecule has 0 aromatic heterocycles. The summed E-state index contributed by atoms with van der Waals surface area (Å²) in [6, 6.07) is 7.03. The number of benzene rings is 1. The van der Waals surface area contributed by atoms with E-state index in [9.17, 15) is 14.4 Å². The molecule has 1 unspecified atom stereocenters. The van der Waals surface area contributed by atoms with Gasteiger partial charge in [0, 0.05) is 24.5 Å². The molecule has 0 saturated carbocycles. The summed E-state index contributed by atoms with van der Waals surface area (Å²) in [4.78, 5) is 37.1. The van der Waals surface area contributed by atoms with Gasteiger partial charge in [-0.25, -0.2) is 9.69 Å². The summed E-state index contributed by atoms with van der Waals surface area (Å²) in [5.74, 6) is -0.662. The first-order valence-corrected chi connectivity index (χ1v) is 10.2. The van der Waals surface area contributed by atoms with Gasteiger partial charge in [0.05, 0.1) is 37.4 Å². The maximum Gasteiger partial charge on any atom is 0.338 e. The number of anilines is 1. The molecule has 0 spiro atoms. The minimum Gasteiger partial charge on any atom is -0.462 e. The van der Waals surface area contributed by atoms with Gasteiger partial charge in [0.1, 0.15) is 6.61 Å². The number of hydrogen-bond acceptors (Lipinski definition) is 4. The second kappa shape index (κ2) is 7.51. The largest absolute Gasteiger partial charge is 0.462 e. The Morgan fingerprint density at radius 3 is 2.43 bits per heavy atom. The van der Waals surface area contributed by atoms with Crippen LogP contribution in [0.1, 0.15) is 42.5 Å². The van der Waals surface area contributed by atoms with Crippen LogP contribution >= 0.6 is 0 Å². The van der Waals surface area contributed by atoms with Crippen LogP contribution < -0.4 is 4.90 Å². The van der Waals surface area contributed by atoms with Crippen molar-refractivity contribution in [2.24, 2.45) is 5.92 Å². The molecular formula is C22H27N2O4+. The zero-order chi connectivity index (χ0) is 19.7. The average molecular weight is 383 g/mol. The van der Waals surface area contributed by atoms with Crippen molar-refractivity contribution in [1.82, 2.24) is 0 Å². The van der Waals surface area contributed by atoms with Gasteiger partial charge in [-0.3, -0.25) is 9.59 Å². The lowest BCUT2D eigenvalue weighted by Crippen LogP contribution is -2.61. The minimum absolute atomic E-state index is 0.348. The molecule has 3 heterocycles. The molecule has 6 heteroatoms. The van der Waals surface area contributed by atoms with E-state index in [1.54, 1.807) is 24.3 Å². The van der Waals surface area contributed by atoms with Gasteiger partial charge in [-0.15, -0.1) is 0 Å². The van der Waals surface area contributed by atoms with Gasteiger partial charge in [-0.05, 0) is 49.9 Å². The highest BCUT2D eigenvalue weighted by atomic mass is 16.5. The highest BCUT2D eigenvalue weighted by Crippen LogP contribution is 2.36. The molecule has 3 aliphatic rings. The van der Waals surface area contributed by atoms with Crippen LogP contribution in [-0.2, 0) is 14.3 Å². The Kier molecular flexibility index (Phi) is 5.06. The molecule has 1 aromatic rings. The van der Waals surface area contributed by atoms with Gasteiger partial charge in [0.15, 0.2) is 0 Å². The smallest absolute Gasteiger partial charge is 0.338 e. The Morgan fingerprint density at radius 2 is 1.71 bits per heavy atom. The predicted molar refractivity (Wildman–Crippen MR) is 105 cm³/mol. The lowest BCUT2D eigenvalue weighted by Gasteiger charge is -2.51. The Hall–Kier alpha value is -2.47. The van der Waals surface area contributed by atoms with Crippen LogP contribution in [0.25, 0.3) is 0 Å². The average Bonchev–Trinajstić information content (AvgIpc) is 3.03. The molecular weight excluding hydrogens is 356 g/mol. The van der Waals surface area contributed by atoms with Crippen LogP contribution in [0.5, 0.6) is 0 Å². The van der Waals surface area contributed by atoms with Gasteiger partial charge < -0.3 is 9.22 Å². The summed E-state index contributed by atoms with van der Waals surface area (Å²) in [7, 11) is 2.35.